The maximum Gasteiger partial charge on any atom is 0.236 e. The van der Waals surface area contributed by atoms with E-state index in [4.69, 9.17) is 4.42 Å². The zero-order valence-electron chi connectivity index (χ0n) is 15.7. The number of aliphatic imine (C=N–C) groups is 1. The summed E-state index contributed by atoms with van der Waals surface area (Å²) in [6, 6.07) is 4.75. The lowest BCUT2D eigenvalue weighted by molar-refractivity contribution is 0.147. The number of rotatable bonds is 7. The van der Waals surface area contributed by atoms with Crippen molar-refractivity contribution in [2.24, 2.45) is 4.99 Å². The van der Waals surface area contributed by atoms with Gasteiger partial charge in [0, 0.05) is 26.2 Å². The van der Waals surface area contributed by atoms with Crippen LogP contribution >= 0.6 is 11.3 Å². The lowest BCUT2D eigenvalue weighted by Crippen LogP contribution is -2.45. The molecule has 0 saturated carbocycles. The van der Waals surface area contributed by atoms with Gasteiger partial charge < -0.3 is 15.1 Å². The number of nitrogens with zero attached hydrogens (tertiary/aromatic N) is 3. The predicted molar refractivity (Wildman–Crippen MR) is 108 cm³/mol. The molecule has 0 amide bonds. The molecule has 1 aliphatic rings. The van der Waals surface area contributed by atoms with Gasteiger partial charge in [0.25, 0.3) is 0 Å². The summed E-state index contributed by atoms with van der Waals surface area (Å²) >= 11 is 1.63. The molecule has 3 rings (SSSR count). The Morgan fingerprint density at radius 1 is 1.42 bits per heavy atom. The third-order valence-electron chi connectivity index (χ3n) is 4.86. The van der Waals surface area contributed by atoms with Crippen molar-refractivity contribution >= 4 is 17.3 Å². The van der Waals surface area contributed by atoms with Gasteiger partial charge in [-0.05, 0) is 37.3 Å². The van der Waals surface area contributed by atoms with E-state index < -0.39 is 0 Å². The molecule has 0 spiro atoms. The molecule has 7 heteroatoms. The fourth-order valence-electron chi connectivity index (χ4n) is 3.43. The van der Waals surface area contributed by atoms with Crippen LogP contribution in [-0.2, 0) is 6.54 Å². The Balaban J connectivity index is 1.42. The number of likely N-dealkylation sites (tertiary alicyclic amines) is 1. The Bertz CT molecular complexity index is 682. The molecule has 2 aromatic rings. The first-order valence-corrected chi connectivity index (χ1v) is 10.3. The summed E-state index contributed by atoms with van der Waals surface area (Å²) in [6.45, 7) is 6.06. The third kappa shape index (κ3) is 5.08. The smallest absolute Gasteiger partial charge is 0.236 e. The van der Waals surface area contributed by atoms with Gasteiger partial charge in [-0.1, -0.05) is 19.4 Å². The normalized spacial score (nSPS) is 18.8. The Hall–Kier alpha value is -1.86. The highest BCUT2D eigenvalue weighted by molar-refractivity contribution is 7.13. The highest BCUT2D eigenvalue weighted by Crippen LogP contribution is 2.23. The monoisotopic (exact) mass is 375 g/mol. The molecule has 0 bridgehead atoms. The molecule has 26 heavy (non-hydrogen) atoms. The van der Waals surface area contributed by atoms with Crippen LogP contribution in [0.5, 0.6) is 0 Å². The number of guanidine groups is 1. The maximum absolute atomic E-state index is 5.55. The zero-order valence-corrected chi connectivity index (χ0v) is 16.5. The van der Waals surface area contributed by atoms with Crippen LogP contribution in [0.4, 0.5) is 0 Å². The quantitative estimate of drug-likeness (QED) is 0.574. The van der Waals surface area contributed by atoms with E-state index in [0.717, 1.165) is 35.7 Å². The molecule has 1 fully saturated rings. The van der Waals surface area contributed by atoms with Crippen LogP contribution < -0.4 is 10.6 Å². The molecule has 1 saturated heterocycles. The SMILES string of the molecule is CCC1CCCCN1CCNC(=NC)NCc1coc(-c2cccs2)n1. The number of piperidine rings is 1. The van der Waals surface area contributed by atoms with Crippen LogP contribution in [0, 0.1) is 0 Å². The number of hydrogen-bond acceptors (Lipinski definition) is 5. The van der Waals surface area contributed by atoms with Crippen molar-refractivity contribution in [3.05, 3.63) is 29.5 Å². The largest absolute Gasteiger partial charge is 0.443 e. The van der Waals surface area contributed by atoms with Crippen molar-refractivity contribution in [1.82, 2.24) is 20.5 Å². The number of hydrogen-bond donors (Lipinski definition) is 2. The standard InChI is InChI=1S/C19H29N5OS/c1-3-16-7-4-5-10-24(16)11-9-21-19(20-2)22-13-15-14-25-18(23-15)17-8-6-12-26-17/h6,8,12,14,16H,3-5,7,9-11,13H2,1-2H3,(H2,20,21,22). The van der Waals surface area contributed by atoms with Gasteiger partial charge in [-0.3, -0.25) is 9.89 Å². The molecular formula is C19H29N5OS. The summed E-state index contributed by atoms with van der Waals surface area (Å²) < 4.78 is 5.55. The van der Waals surface area contributed by atoms with Crippen molar-refractivity contribution in [2.45, 2.75) is 45.2 Å². The topological polar surface area (TPSA) is 65.7 Å². The fourth-order valence-corrected chi connectivity index (χ4v) is 4.09. The average molecular weight is 376 g/mol. The maximum atomic E-state index is 5.55. The Labute approximate surface area is 159 Å². The minimum Gasteiger partial charge on any atom is -0.443 e. The first-order valence-electron chi connectivity index (χ1n) is 9.47. The van der Waals surface area contributed by atoms with Crippen LogP contribution in [0.1, 0.15) is 38.3 Å². The summed E-state index contributed by atoms with van der Waals surface area (Å²) in [6.07, 6.45) is 6.97. The molecule has 1 aliphatic heterocycles. The number of thiophene rings is 1. The van der Waals surface area contributed by atoms with E-state index in [0.29, 0.717) is 12.4 Å². The first kappa shape index (κ1) is 18.9. The second-order valence-corrected chi connectivity index (χ2v) is 7.52. The van der Waals surface area contributed by atoms with E-state index in [-0.39, 0.29) is 0 Å². The summed E-state index contributed by atoms with van der Waals surface area (Å²) in [4.78, 5) is 12.5. The molecule has 142 valence electrons. The van der Waals surface area contributed by atoms with Gasteiger partial charge in [0.05, 0.1) is 17.1 Å². The molecule has 0 aromatic carbocycles. The van der Waals surface area contributed by atoms with E-state index >= 15 is 0 Å². The molecule has 6 nitrogen and oxygen atoms in total. The van der Waals surface area contributed by atoms with Gasteiger partial charge >= 0.3 is 0 Å². The Kier molecular flexibility index (Phi) is 7.08. The highest BCUT2D eigenvalue weighted by atomic mass is 32.1. The third-order valence-corrected chi connectivity index (χ3v) is 5.71. The van der Waals surface area contributed by atoms with Gasteiger partial charge in [-0.15, -0.1) is 11.3 Å². The molecule has 1 unspecified atom stereocenters. The molecule has 2 N–H and O–H groups in total. The van der Waals surface area contributed by atoms with Gasteiger partial charge in [-0.25, -0.2) is 4.98 Å². The average Bonchev–Trinajstić information content (AvgIpc) is 3.36. The lowest BCUT2D eigenvalue weighted by Gasteiger charge is -2.35. The summed E-state index contributed by atoms with van der Waals surface area (Å²) in [7, 11) is 1.80. The summed E-state index contributed by atoms with van der Waals surface area (Å²) in [5, 5.41) is 8.74. The summed E-state index contributed by atoms with van der Waals surface area (Å²) in [5.41, 5.74) is 0.874. The lowest BCUT2D eigenvalue weighted by atomic mass is 10.0. The first-order chi connectivity index (χ1) is 12.8. The Morgan fingerprint density at radius 3 is 3.12 bits per heavy atom. The Morgan fingerprint density at radius 2 is 2.35 bits per heavy atom. The minimum atomic E-state index is 0.593. The fraction of sp³-hybridized carbons (Fsp3) is 0.579. The van der Waals surface area contributed by atoms with Crippen molar-refractivity contribution in [2.75, 3.05) is 26.7 Å². The van der Waals surface area contributed by atoms with Crippen LogP contribution in [0.25, 0.3) is 10.8 Å². The number of oxazole rings is 1. The van der Waals surface area contributed by atoms with E-state index in [1.165, 1.54) is 32.2 Å². The number of nitrogens with one attached hydrogen (secondary N) is 2. The molecule has 2 aromatic heterocycles. The molecular weight excluding hydrogens is 346 g/mol. The van der Waals surface area contributed by atoms with Gasteiger partial charge in [0.15, 0.2) is 5.96 Å². The van der Waals surface area contributed by atoms with Gasteiger partial charge in [-0.2, -0.15) is 0 Å². The van der Waals surface area contributed by atoms with Crippen LogP contribution in [0.2, 0.25) is 0 Å². The van der Waals surface area contributed by atoms with E-state index in [1.54, 1.807) is 24.6 Å². The van der Waals surface area contributed by atoms with Crippen molar-refractivity contribution in [3.8, 4) is 10.8 Å². The van der Waals surface area contributed by atoms with Gasteiger partial charge in [0.2, 0.25) is 5.89 Å². The molecule has 0 aliphatic carbocycles. The van der Waals surface area contributed by atoms with E-state index in [9.17, 15) is 0 Å². The summed E-state index contributed by atoms with van der Waals surface area (Å²) in [5.74, 6) is 1.48. The molecule has 3 heterocycles. The van der Waals surface area contributed by atoms with E-state index in [2.05, 4.69) is 32.4 Å². The van der Waals surface area contributed by atoms with Gasteiger partial charge in [0.1, 0.15) is 6.26 Å². The van der Waals surface area contributed by atoms with Crippen LogP contribution in [0.3, 0.4) is 0 Å². The van der Waals surface area contributed by atoms with E-state index in [1.807, 2.05) is 17.5 Å². The number of aromatic nitrogens is 1. The molecule has 0 radical (unpaired) electrons. The van der Waals surface area contributed by atoms with Crippen molar-refractivity contribution in [1.29, 1.82) is 0 Å². The van der Waals surface area contributed by atoms with Crippen molar-refractivity contribution < 1.29 is 4.42 Å². The second-order valence-electron chi connectivity index (χ2n) is 6.57. The minimum absolute atomic E-state index is 0.593. The van der Waals surface area contributed by atoms with Crippen LogP contribution in [-0.4, -0.2) is 48.6 Å². The second kappa shape index (κ2) is 9.73. The predicted octanol–water partition coefficient (Wildman–Crippen LogP) is 3.33. The van der Waals surface area contributed by atoms with Crippen LogP contribution in [0.15, 0.2) is 33.2 Å². The van der Waals surface area contributed by atoms with Crippen molar-refractivity contribution in [3.63, 3.8) is 0 Å². The zero-order chi connectivity index (χ0) is 18.2. The highest BCUT2D eigenvalue weighted by Gasteiger charge is 2.20. The molecule has 1 atom stereocenters.